The van der Waals surface area contributed by atoms with Crippen LogP contribution in [0.3, 0.4) is 0 Å². The van der Waals surface area contributed by atoms with Crippen molar-refractivity contribution in [1.29, 1.82) is 0 Å². The van der Waals surface area contributed by atoms with Crippen molar-refractivity contribution < 1.29 is 14.3 Å². The number of anilines is 1. The minimum absolute atomic E-state index is 0.0459. The van der Waals surface area contributed by atoms with Crippen molar-refractivity contribution in [2.45, 2.75) is 64.3 Å². The number of amides is 2. The van der Waals surface area contributed by atoms with Gasteiger partial charge >= 0.3 is 0 Å². The van der Waals surface area contributed by atoms with Crippen LogP contribution in [-0.2, 0) is 15.0 Å². The highest BCUT2D eigenvalue weighted by molar-refractivity contribution is 5.97. The van der Waals surface area contributed by atoms with Crippen LogP contribution in [0.2, 0.25) is 0 Å². The van der Waals surface area contributed by atoms with Crippen LogP contribution < -0.4 is 15.4 Å². The van der Waals surface area contributed by atoms with Gasteiger partial charge in [-0.2, -0.15) is 0 Å². The largest absolute Gasteiger partial charge is 0.494 e. The Morgan fingerprint density at radius 2 is 1.77 bits per heavy atom. The molecule has 30 heavy (non-hydrogen) atoms. The molecule has 2 atom stereocenters. The molecular weight excluding hydrogens is 376 g/mol. The molecule has 2 aromatic rings. The summed E-state index contributed by atoms with van der Waals surface area (Å²) in [6, 6.07) is 15.6. The van der Waals surface area contributed by atoms with Gasteiger partial charge in [0.15, 0.2) is 0 Å². The van der Waals surface area contributed by atoms with Crippen molar-refractivity contribution in [3.05, 3.63) is 59.7 Å². The summed E-state index contributed by atoms with van der Waals surface area (Å²) in [7, 11) is 0. The number of primary amides is 1. The first kappa shape index (κ1) is 21.9. The van der Waals surface area contributed by atoms with Crippen LogP contribution in [0.5, 0.6) is 5.75 Å². The van der Waals surface area contributed by atoms with Crippen LogP contribution in [0, 0.1) is 0 Å². The van der Waals surface area contributed by atoms with Gasteiger partial charge in [-0.1, -0.05) is 51.1 Å². The average Bonchev–Trinajstić information content (AvgIpc) is 2.70. The zero-order valence-corrected chi connectivity index (χ0v) is 18.4. The number of nitrogens with two attached hydrogens (primary N) is 1. The highest BCUT2D eigenvalue weighted by Gasteiger charge is 2.35. The van der Waals surface area contributed by atoms with E-state index < -0.39 is 0 Å². The number of nitrogens with zero attached hydrogens (tertiary/aromatic N) is 1. The lowest BCUT2D eigenvalue weighted by Crippen LogP contribution is -2.45. The fourth-order valence-corrected chi connectivity index (χ4v) is 4.05. The van der Waals surface area contributed by atoms with E-state index in [1.165, 1.54) is 5.56 Å². The van der Waals surface area contributed by atoms with Gasteiger partial charge in [-0.25, -0.2) is 0 Å². The van der Waals surface area contributed by atoms with Gasteiger partial charge in [0, 0.05) is 18.2 Å². The van der Waals surface area contributed by atoms with E-state index in [1.807, 2.05) is 48.2 Å². The lowest BCUT2D eigenvalue weighted by atomic mass is 9.85. The smallest absolute Gasteiger partial charge is 0.227 e. The van der Waals surface area contributed by atoms with E-state index in [-0.39, 0.29) is 29.2 Å². The standard InChI is InChI=1S/C25H32N2O3/c1-17-16-21(24(26)29)20-8-5-6-9-22(20)27(17)23(28)10-7-15-30-19-13-11-18(12-14-19)25(2,3)4/h5-6,8-9,11-14,17,21H,7,10,15-16H2,1-4H3,(H2,26,29)/t17-,21-/m0/s1. The molecular formula is C25H32N2O3. The summed E-state index contributed by atoms with van der Waals surface area (Å²) in [5, 5.41) is 0. The van der Waals surface area contributed by atoms with Crippen molar-refractivity contribution in [3.8, 4) is 5.75 Å². The van der Waals surface area contributed by atoms with Gasteiger partial charge < -0.3 is 15.4 Å². The predicted octanol–water partition coefficient (Wildman–Crippen LogP) is 4.54. The Balaban J connectivity index is 1.58. The van der Waals surface area contributed by atoms with Gasteiger partial charge in [0.1, 0.15) is 5.75 Å². The molecule has 2 aromatic carbocycles. The Kier molecular flexibility index (Phi) is 6.49. The molecule has 160 valence electrons. The number of carbonyl (C=O) groups is 2. The van der Waals surface area contributed by atoms with E-state index >= 15 is 0 Å². The van der Waals surface area contributed by atoms with Crippen LogP contribution >= 0.6 is 0 Å². The Morgan fingerprint density at radius 1 is 1.10 bits per heavy atom. The summed E-state index contributed by atoms with van der Waals surface area (Å²) in [5.74, 6) is 0.174. The number of hydrogen-bond donors (Lipinski definition) is 1. The third-order valence-corrected chi connectivity index (χ3v) is 5.73. The molecule has 0 saturated carbocycles. The molecule has 5 nitrogen and oxygen atoms in total. The summed E-state index contributed by atoms with van der Waals surface area (Å²) >= 11 is 0. The zero-order chi connectivity index (χ0) is 21.9. The maximum atomic E-state index is 13.0. The van der Waals surface area contributed by atoms with Crippen molar-refractivity contribution >= 4 is 17.5 Å². The molecule has 1 heterocycles. The fourth-order valence-electron chi connectivity index (χ4n) is 4.05. The SMILES string of the molecule is C[C@H]1C[C@H](C(N)=O)c2ccccc2N1C(=O)CCCOc1ccc(C(C)(C)C)cc1. The monoisotopic (exact) mass is 408 g/mol. The highest BCUT2D eigenvalue weighted by atomic mass is 16.5. The second kappa shape index (κ2) is 8.90. The van der Waals surface area contributed by atoms with Gasteiger partial charge in [0.2, 0.25) is 11.8 Å². The lowest BCUT2D eigenvalue weighted by Gasteiger charge is -2.38. The lowest BCUT2D eigenvalue weighted by molar-refractivity contribution is -0.122. The number of ether oxygens (including phenoxy) is 1. The average molecular weight is 409 g/mol. The van der Waals surface area contributed by atoms with Crippen molar-refractivity contribution in [2.24, 2.45) is 5.73 Å². The molecule has 0 bridgehead atoms. The third kappa shape index (κ3) is 4.84. The van der Waals surface area contributed by atoms with Gasteiger partial charge in [-0.05, 0) is 54.5 Å². The predicted molar refractivity (Wildman–Crippen MR) is 120 cm³/mol. The first-order valence-corrected chi connectivity index (χ1v) is 10.6. The second-order valence-electron chi connectivity index (χ2n) is 9.09. The number of benzene rings is 2. The van der Waals surface area contributed by atoms with Gasteiger partial charge in [0.05, 0.1) is 12.5 Å². The van der Waals surface area contributed by atoms with E-state index in [0.29, 0.717) is 25.9 Å². The molecule has 3 rings (SSSR count). The Morgan fingerprint density at radius 3 is 2.40 bits per heavy atom. The Hall–Kier alpha value is -2.82. The van der Waals surface area contributed by atoms with Crippen LogP contribution in [-0.4, -0.2) is 24.5 Å². The quantitative estimate of drug-likeness (QED) is 0.714. The summed E-state index contributed by atoms with van der Waals surface area (Å²) < 4.78 is 5.82. The summed E-state index contributed by atoms with van der Waals surface area (Å²) in [6.07, 6.45) is 1.57. The summed E-state index contributed by atoms with van der Waals surface area (Å²) in [5.41, 5.74) is 8.60. The van der Waals surface area contributed by atoms with Crippen molar-refractivity contribution in [3.63, 3.8) is 0 Å². The van der Waals surface area contributed by atoms with E-state index in [4.69, 9.17) is 10.5 Å². The number of rotatable bonds is 6. The first-order chi connectivity index (χ1) is 14.2. The Bertz CT molecular complexity index is 899. The molecule has 2 N–H and O–H groups in total. The maximum absolute atomic E-state index is 13.0. The van der Waals surface area contributed by atoms with Gasteiger partial charge in [-0.15, -0.1) is 0 Å². The maximum Gasteiger partial charge on any atom is 0.227 e. The number of carbonyl (C=O) groups excluding carboxylic acids is 2. The molecule has 5 heteroatoms. The molecule has 1 aliphatic heterocycles. The molecule has 0 aromatic heterocycles. The summed E-state index contributed by atoms with van der Waals surface area (Å²) in [6.45, 7) is 8.99. The summed E-state index contributed by atoms with van der Waals surface area (Å²) in [4.78, 5) is 26.6. The molecule has 1 aliphatic rings. The number of para-hydroxylation sites is 1. The van der Waals surface area contributed by atoms with Crippen molar-refractivity contribution in [2.75, 3.05) is 11.5 Å². The molecule has 0 aliphatic carbocycles. The Labute approximate surface area is 179 Å². The van der Waals surface area contributed by atoms with E-state index in [0.717, 1.165) is 17.0 Å². The molecule has 0 spiro atoms. The molecule has 0 unspecified atom stereocenters. The van der Waals surface area contributed by atoms with Crippen molar-refractivity contribution in [1.82, 2.24) is 0 Å². The first-order valence-electron chi connectivity index (χ1n) is 10.6. The normalized spacial score (nSPS) is 18.6. The molecule has 2 amide bonds. The minimum Gasteiger partial charge on any atom is -0.494 e. The van der Waals surface area contributed by atoms with Crippen LogP contribution in [0.4, 0.5) is 5.69 Å². The number of hydrogen-bond acceptors (Lipinski definition) is 3. The molecule has 0 radical (unpaired) electrons. The molecule has 0 saturated heterocycles. The highest BCUT2D eigenvalue weighted by Crippen LogP contribution is 2.38. The second-order valence-corrected chi connectivity index (χ2v) is 9.09. The van der Waals surface area contributed by atoms with Gasteiger partial charge in [-0.3, -0.25) is 9.59 Å². The third-order valence-electron chi connectivity index (χ3n) is 5.73. The van der Waals surface area contributed by atoms with E-state index in [2.05, 4.69) is 32.9 Å². The minimum atomic E-state index is -0.348. The molecule has 0 fully saturated rings. The van der Waals surface area contributed by atoms with Crippen LogP contribution in [0.1, 0.15) is 64.0 Å². The van der Waals surface area contributed by atoms with Gasteiger partial charge in [0.25, 0.3) is 0 Å². The van der Waals surface area contributed by atoms with E-state index in [9.17, 15) is 9.59 Å². The van der Waals surface area contributed by atoms with Crippen LogP contribution in [0.15, 0.2) is 48.5 Å². The fraction of sp³-hybridized carbons (Fsp3) is 0.440. The van der Waals surface area contributed by atoms with Crippen LogP contribution in [0.25, 0.3) is 0 Å². The van der Waals surface area contributed by atoms with E-state index in [1.54, 1.807) is 0 Å². The topological polar surface area (TPSA) is 72.6 Å². The number of fused-ring (bicyclic) bond motifs is 1. The zero-order valence-electron chi connectivity index (χ0n) is 18.4.